The van der Waals surface area contributed by atoms with Gasteiger partial charge in [0.1, 0.15) is 5.71 Å². The van der Waals surface area contributed by atoms with Crippen molar-refractivity contribution in [2.45, 2.75) is 0 Å². The lowest BCUT2D eigenvalue weighted by Gasteiger charge is -2.12. The van der Waals surface area contributed by atoms with Crippen LogP contribution in [0.5, 0.6) is 0 Å². The van der Waals surface area contributed by atoms with Gasteiger partial charge in [0.05, 0.1) is 5.69 Å². The van der Waals surface area contributed by atoms with E-state index >= 15 is 0 Å². The first kappa shape index (κ1) is 16.7. The quantitative estimate of drug-likeness (QED) is 0.500. The highest BCUT2D eigenvalue weighted by atomic mass is 16.1. The minimum Gasteiger partial charge on any atom is -0.378 e. The van der Waals surface area contributed by atoms with Gasteiger partial charge in [0.15, 0.2) is 0 Å². The SMILES string of the molecule is CN(C)c1ccc(N=C(C(=O)c2ccccc2)c2ccccc2)cc1. The van der Waals surface area contributed by atoms with E-state index in [0.29, 0.717) is 11.3 Å². The Labute approximate surface area is 148 Å². The molecule has 3 aromatic rings. The summed E-state index contributed by atoms with van der Waals surface area (Å²) in [4.78, 5) is 19.7. The van der Waals surface area contributed by atoms with Gasteiger partial charge in [0.2, 0.25) is 5.78 Å². The molecule has 0 unspecified atom stereocenters. The number of benzene rings is 3. The molecular formula is C22H20N2O. The number of rotatable bonds is 5. The van der Waals surface area contributed by atoms with Crippen LogP contribution in [-0.2, 0) is 0 Å². The highest BCUT2D eigenvalue weighted by molar-refractivity contribution is 6.51. The van der Waals surface area contributed by atoms with Crippen LogP contribution in [0, 0.1) is 0 Å². The molecule has 0 saturated heterocycles. The lowest BCUT2D eigenvalue weighted by Crippen LogP contribution is -2.15. The zero-order chi connectivity index (χ0) is 17.6. The van der Waals surface area contributed by atoms with Crippen molar-refractivity contribution in [1.29, 1.82) is 0 Å². The second-order valence-corrected chi connectivity index (χ2v) is 5.93. The minimum atomic E-state index is -0.0801. The molecule has 0 radical (unpaired) electrons. The normalized spacial score (nSPS) is 11.2. The van der Waals surface area contributed by atoms with Crippen molar-refractivity contribution >= 4 is 22.9 Å². The van der Waals surface area contributed by atoms with Gasteiger partial charge in [-0.25, -0.2) is 4.99 Å². The third-order valence-electron chi connectivity index (χ3n) is 3.91. The molecule has 0 aromatic heterocycles. The topological polar surface area (TPSA) is 32.7 Å². The molecule has 0 aliphatic carbocycles. The molecule has 3 nitrogen and oxygen atoms in total. The number of nitrogens with zero attached hydrogens (tertiary/aromatic N) is 2. The van der Waals surface area contributed by atoms with Gasteiger partial charge in [-0.3, -0.25) is 4.79 Å². The zero-order valence-electron chi connectivity index (χ0n) is 14.4. The Hall–Kier alpha value is -3.20. The second-order valence-electron chi connectivity index (χ2n) is 5.93. The molecule has 0 amide bonds. The first-order valence-electron chi connectivity index (χ1n) is 8.16. The summed E-state index contributed by atoms with van der Waals surface area (Å²) in [5.74, 6) is -0.0801. The monoisotopic (exact) mass is 328 g/mol. The van der Waals surface area contributed by atoms with Crippen molar-refractivity contribution in [3.05, 3.63) is 96.1 Å². The fourth-order valence-corrected chi connectivity index (χ4v) is 2.52. The van der Waals surface area contributed by atoms with Crippen LogP contribution >= 0.6 is 0 Å². The Bertz CT molecular complexity index is 867. The van der Waals surface area contributed by atoms with E-state index in [1.165, 1.54) is 0 Å². The van der Waals surface area contributed by atoms with Crippen molar-refractivity contribution in [1.82, 2.24) is 0 Å². The van der Waals surface area contributed by atoms with E-state index in [1.54, 1.807) is 0 Å². The summed E-state index contributed by atoms with van der Waals surface area (Å²) in [5.41, 5.74) is 3.75. The molecule has 3 rings (SSSR count). The molecular weight excluding hydrogens is 308 g/mol. The molecule has 124 valence electrons. The second kappa shape index (κ2) is 7.58. The maximum atomic E-state index is 13.0. The molecule has 3 heteroatoms. The Morgan fingerprint density at radius 1 is 0.720 bits per heavy atom. The predicted octanol–water partition coefficient (Wildman–Crippen LogP) is 4.76. The van der Waals surface area contributed by atoms with Gasteiger partial charge >= 0.3 is 0 Å². The summed E-state index contributed by atoms with van der Waals surface area (Å²) in [6.45, 7) is 0. The molecule has 0 N–H and O–H groups in total. The largest absolute Gasteiger partial charge is 0.378 e. The van der Waals surface area contributed by atoms with E-state index in [-0.39, 0.29) is 5.78 Å². The summed E-state index contributed by atoms with van der Waals surface area (Å²) in [5, 5.41) is 0. The third kappa shape index (κ3) is 4.01. The fourth-order valence-electron chi connectivity index (χ4n) is 2.52. The molecule has 0 heterocycles. The average Bonchev–Trinajstić information content (AvgIpc) is 2.67. The van der Waals surface area contributed by atoms with Crippen molar-refractivity contribution < 1.29 is 4.79 Å². The third-order valence-corrected chi connectivity index (χ3v) is 3.91. The first-order valence-corrected chi connectivity index (χ1v) is 8.16. The summed E-state index contributed by atoms with van der Waals surface area (Å²) >= 11 is 0. The van der Waals surface area contributed by atoms with Gasteiger partial charge in [0, 0.05) is 30.9 Å². The summed E-state index contributed by atoms with van der Waals surface area (Å²) < 4.78 is 0. The van der Waals surface area contributed by atoms with Gasteiger partial charge in [-0.05, 0) is 24.3 Å². The Balaban J connectivity index is 2.03. The fraction of sp³-hybridized carbons (Fsp3) is 0.0909. The lowest BCUT2D eigenvalue weighted by molar-refractivity contribution is 0.106. The lowest BCUT2D eigenvalue weighted by atomic mass is 10.0. The van der Waals surface area contributed by atoms with Crippen LogP contribution in [0.4, 0.5) is 11.4 Å². The highest BCUT2D eigenvalue weighted by Gasteiger charge is 2.16. The number of hydrogen-bond donors (Lipinski definition) is 0. The van der Waals surface area contributed by atoms with E-state index in [2.05, 4.69) is 4.99 Å². The molecule has 0 saturated carbocycles. The highest BCUT2D eigenvalue weighted by Crippen LogP contribution is 2.20. The smallest absolute Gasteiger partial charge is 0.211 e. The molecule has 0 spiro atoms. The molecule has 0 aliphatic rings. The molecule has 0 aliphatic heterocycles. The number of carbonyl (C=O) groups is 1. The minimum absolute atomic E-state index is 0.0801. The van der Waals surface area contributed by atoms with Crippen LogP contribution in [0.1, 0.15) is 15.9 Å². The van der Waals surface area contributed by atoms with Crippen LogP contribution in [-0.4, -0.2) is 25.6 Å². The molecule has 0 atom stereocenters. The number of hydrogen-bond acceptors (Lipinski definition) is 3. The molecule has 25 heavy (non-hydrogen) atoms. The van der Waals surface area contributed by atoms with Crippen molar-refractivity contribution in [3.8, 4) is 0 Å². The van der Waals surface area contributed by atoms with Gasteiger partial charge in [0.25, 0.3) is 0 Å². The number of Topliss-reactive ketones (excluding diaryl/α,β-unsaturated/α-hetero) is 1. The number of anilines is 1. The van der Waals surface area contributed by atoms with Crippen LogP contribution in [0.3, 0.4) is 0 Å². The maximum Gasteiger partial charge on any atom is 0.211 e. The molecule has 0 bridgehead atoms. The summed E-state index contributed by atoms with van der Waals surface area (Å²) in [7, 11) is 3.99. The zero-order valence-corrected chi connectivity index (χ0v) is 14.4. The van der Waals surface area contributed by atoms with E-state index in [4.69, 9.17) is 0 Å². The summed E-state index contributed by atoms with van der Waals surface area (Å²) in [6, 6.07) is 26.7. The van der Waals surface area contributed by atoms with Crippen molar-refractivity contribution in [2.24, 2.45) is 4.99 Å². The number of ketones is 1. The van der Waals surface area contributed by atoms with Gasteiger partial charge in [-0.2, -0.15) is 0 Å². The van der Waals surface area contributed by atoms with Crippen LogP contribution in [0.25, 0.3) is 0 Å². The van der Waals surface area contributed by atoms with E-state index in [9.17, 15) is 4.79 Å². The van der Waals surface area contributed by atoms with Crippen LogP contribution in [0.15, 0.2) is 89.9 Å². The molecule has 3 aromatic carbocycles. The Morgan fingerprint density at radius 2 is 1.24 bits per heavy atom. The van der Waals surface area contributed by atoms with Gasteiger partial charge in [-0.1, -0.05) is 60.7 Å². The summed E-state index contributed by atoms with van der Waals surface area (Å²) in [6.07, 6.45) is 0. The van der Waals surface area contributed by atoms with Crippen LogP contribution in [0.2, 0.25) is 0 Å². The van der Waals surface area contributed by atoms with E-state index < -0.39 is 0 Å². The van der Waals surface area contributed by atoms with E-state index in [1.807, 2.05) is 104 Å². The number of aliphatic imine (C=N–C) groups is 1. The maximum absolute atomic E-state index is 13.0. The Kier molecular flexibility index (Phi) is 5.05. The predicted molar refractivity (Wildman–Crippen MR) is 104 cm³/mol. The Morgan fingerprint density at radius 3 is 1.76 bits per heavy atom. The average molecular weight is 328 g/mol. The standard InChI is InChI=1S/C22H20N2O/c1-24(2)20-15-13-19(14-16-20)23-21(17-9-5-3-6-10-17)22(25)18-11-7-4-8-12-18/h3-16H,1-2H3. The van der Waals surface area contributed by atoms with Gasteiger partial charge < -0.3 is 4.90 Å². The molecule has 0 fully saturated rings. The number of carbonyl (C=O) groups excluding carboxylic acids is 1. The van der Waals surface area contributed by atoms with E-state index in [0.717, 1.165) is 16.9 Å². The van der Waals surface area contributed by atoms with Crippen molar-refractivity contribution in [2.75, 3.05) is 19.0 Å². The first-order chi connectivity index (χ1) is 12.1. The van der Waals surface area contributed by atoms with Gasteiger partial charge in [-0.15, -0.1) is 0 Å². The van der Waals surface area contributed by atoms with Crippen LogP contribution < -0.4 is 4.90 Å². The van der Waals surface area contributed by atoms with Crippen molar-refractivity contribution in [3.63, 3.8) is 0 Å².